The number of fused-ring (bicyclic) bond motifs is 2. The zero-order valence-corrected chi connectivity index (χ0v) is 14.4. The summed E-state index contributed by atoms with van der Waals surface area (Å²) in [6.45, 7) is 3.18. The molecule has 0 aliphatic carbocycles. The lowest BCUT2D eigenvalue weighted by atomic mass is 10.1. The summed E-state index contributed by atoms with van der Waals surface area (Å²) in [6, 6.07) is 3.66. The molecule has 0 spiro atoms. The smallest absolute Gasteiger partial charge is 0.235 e. The van der Waals surface area contributed by atoms with E-state index in [1.165, 1.54) is 32.1 Å². The molecule has 3 aliphatic heterocycles. The average Bonchev–Trinajstić information content (AvgIpc) is 3.36. The van der Waals surface area contributed by atoms with Crippen LogP contribution < -0.4 is 10.5 Å². The van der Waals surface area contributed by atoms with Crippen molar-refractivity contribution in [3.05, 3.63) is 29.9 Å². The van der Waals surface area contributed by atoms with Crippen molar-refractivity contribution in [3.8, 4) is 0 Å². The molecule has 0 aromatic carbocycles. The van der Waals surface area contributed by atoms with E-state index in [9.17, 15) is 0 Å². The minimum atomic E-state index is 0.612. The molecular weight excluding hydrogens is 318 g/mol. The second-order valence-electron chi connectivity index (χ2n) is 6.26. The van der Waals surface area contributed by atoms with E-state index in [0.717, 1.165) is 24.5 Å². The Balaban J connectivity index is 1.36. The van der Waals surface area contributed by atoms with Gasteiger partial charge in [0.25, 0.3) is 0 Å². The summed E-state index contributed by atoms with van der Waals surface area (Å²) in [5, 5.41) is 10.1. The van der Waals surface area contributed by atoms with Crippen molar-refractivity contribution in [3.63, 3.8) is 0 Å². The van der Waals surface area contributed by atoms with E-state index >= 15 is 0 Å². The van der Waals surface area contributed by atoms with Crippen LogP contribution >= 0.6 is 0 Å². The van der Waals surface area contributed by atoms with Crippen molar-refractivity contribution in [2.45, 2.75) is 45.4 Å². The molecular formula is C17H23N7O. The van der Waals surface area contributed by atoms with E-state index < -0.39 is 0 Å². The minimum Gasteiger partial charge on any atom is -0.446 e. The van der Waals surface area contributed by atoms with E-state index in [1.807, 2.05) is 23.5 Å². The topological polar surface area (TPSA) is 72.0 Å². The first-order valence-corrected chi connectivity index (χ1v) is 8.94. The molecule has 1 N–H and O–H groups in total. The van der Waals surface area contributed by atoms with Crippen molar-refractivity contribution in [1.29, 1.82) is 0 Å². The van der Waals surface area contributed by atoms with Gasteiger partial charge in [-0.1, -0.05) is 39.0 Å². The SMILES string of the molecule is CCCCCCCCN1C=NC2=C3NN(c4ccco4)N=C3N=CN21. The number of furan rings is 1. The van der Waals surface area contributed by atoms with Gasteiger partial charge in [0.1, 0.15) is 18.4 Å². The molecule has 0 fully saturated rings. The van der Waals surface area contributed by atoms with Gasteiger partial charge in [-0.05, 0) is 12.5 Å². The number of rotatable bonds is 8. The van der Waals surface area contributed by atoms with Crippen molar-refractivity contribution < 1.29 is 4.42 Å². The van der Waals surface area contributed by atoms with Crippen LogP contribution in [0, 0.1) is 0 Å². The molecule has 1 aromatic heterocycles. The summed E-state index contributed by atoms with van der Waals surface area (Å²) < 4.78 is 5.37. The van der Waals surface area contributed by atoms with Gasteiger partial charge in [0, 0.05) is 12.6 Å². The molecule has 25 heavy (non-hydrogen) atoms. The van der Waals surface area contributed by atoms with E-state index in [0.29, 0.717) is 11.7 Å². The third kappa shape index (κ3) is 3.11. The molecule has 0 amide bonds. The van der Waals surface area contributed by atoms with Crippen LogP contribution in [0.25, 0.3) is 0 Å². The molecule has 0 bridgehead atoms. The number of amidine groups is 1. The first-order valence-electron chi connectivity index (χ1n) is 8.94. The normalized spacial score (nSPS) is 18.0. The summed E-state index contributed by atoms with van der Waals surface area (Å²) in [5.74, 6) is 2.04. The second-order valence-corrected chi connectivity index (χ2v) is 6.26. The Labute approximate surface area is 147 Å². The maximum absolute atomic E-state index is 5.37. The molecule has 3 aliphatic rings. The number of hydrazone groups is 1. The van der Waals surface area contributed by atoms with Gasteiger partial charge in [-0.3, -0.25) is 10.4 Å². The summed E-state index contributed by atoms with van der Waals surface area (Å²) >= 11 is 0. The van der Waals surface area contributed by atoms with Crippen LogP contribution in [0.4, 0.5) is 5.88 Å². The Hall–Kier alpha value is -2.77. The number of hydrogen-bond acceptors (Lipinski definition) is 8. The Morgan fingerprint density at radius 3 is 2.80 bits per heavy atom. The lowest BCUT2D eigenvalue weighted by molar-refractivity contribution is 0.200. The number of nitrogens with zero attached hydrogens (tertiary/aromatic N) is 6. The third-order valence-electron chi connectivity index (χ3n) is 4.41. The number of unbranched alkanes of at least 4 members (excludes halogenated alkanes) is 5. The van der Waals surface area contributed by atoms with E-state index in [4.69, 9.17) is 4.42 Å². The van der Waals surface area contributed by atoms with Crippen LogP contribution in [0.3, 0.4) is 0 Å². The molecule has 0 unspecified atom stereocenters. The number of aliphatic imine (C=N–C) groups is 2. The second kappa shape index (κ2) is 7.00. The highest BCUT2D eigenvalue weighted by molar-refractivity contribution is 6.07. The fraction of sp³-hybridized carbons (Fsp3) is 0.471. The van der Waals surface area contributed by atoms with Crippen LogP contribution in [-0.2, 0) is 0 Å². The molecule has 0 radical (unpaired) electrons. The van der Waals surface area contributed by atoms with Crippen LogP contribution in [0.2, 0.25) is 0 Å². The molecule has 0 saturated heterocycles. The van der Waals surface area contributed by atoms with Crippen LogP contribution in [-0.4, -0.2) is 35.1 Å². The highest BCUT2D eigenvalue weighted by atomic mass is 16.4. The maximum Gasteiger partial charge on any atom is 0.235 e. The van der Waals surface area contributed by atoms with Gasteiger partial charge in [-0.15, -0.1) is 10.2 Å². The van der Waals surface area contributed by atoms with Crippen molar-refractivity contribution in [1.82, 2.24) is 15.4 Å². The highest BCUT2D eigenvalue weighted by Gasteiger charge is 2.34. The number of nitrogens with one attached hydrogen (secondary N) is 1. The number of hydrogen-bond donors (Lipinski definition) is 1. The van der Waals surface area contributed by atoms with E-state index in [-0.39, 0.29) is 0 Å². The van der Waals surface area contributed by atoms with Gasteiger partial charge in [0.15, 0.2) is 5.82 Å². The van der Waals surface area contributed by atoms with Gasteiger partial charge < -0.3 is 4.42 Å². The van der Waals surface area contributed by atoms with Gasteiger partial charge >= 0.3 is 0 Å². The van der Waals surface area contributed by atoms with Crippen molar-refractivity contribution >= 4 is 24.4 Å². The quantitative estimate of drug-likeness (QED) is 0.736. The summed E-state index contributed by atoms with van der Waals surface area (Å²) in [4.78, 5) is 8.98. The van der Waals surface area contributed by atoms with Gasteiger partial charge in [-0.25, -0.2) is 15.0 Å². The van der Waals surface area contributed by atoms with Crippen LogP contribution in [0.5, 0.6) is 0 Å². The first-order chi connectivity index (χ1) is 12.4. The Morgan fingerprint density at radius 1 is 1.08 bits per heavy atom. The molecule has 8 nitrogen and oxygen atoms in total. The van der Waals surface area contributed by atoms with Crippen molar-refractivity contribution in [2.75, 3.05) is 11.7 Å². The molecule has 1 aromatic rings. The van der Waals surface area contributed by atoms with E-state index in [1.54, 1.807) is 17.7 Å². The summed E-state index contributed by atoms with van der Waals surface area (Å²) in [7, 11) is 0. The zero-order chi connectivity index (χ0) is 17.1. The predicted octanol–water partition coefficient (Wildman–Crippen LogP) is 3.05. The van der Waals surface area contributed by atoms with Gasteiger partial charge in [0.2, 0.25) is 11.7 Å². The Bertz CT molecular complexity index is 719. The largest absolute Gasteiger partial charge is 0.446 e. The fourth-order valence-corrected chi connectivity index (χ4v) is 3.05. The molecule has 0 atom stereocenters. The molecule has 4 rings (SSSR count). The van der Waals surface area contributed by atoms with Crippen molar-refractivity contribution in [2.24, 2.45) is 15.1 Å². The first kappa shape index (κ1) is 15.7. The standard InChI is InChI=1S/C17H23N7O/c1-2-3-4-5-6-7-10-22-12-19-17-15-16(18-13-23(17)22)21-24(20-15)14-9-8-11-25-14/h8-9,11-13,20H,2-7,10H2,1H3. The third-order valence-corrected chi connectivity index (χ3v) is 4.41. The van der Waals surface area contributed by atoms with E-state index in [2.05, 4.69) is 32.4 Å². The minimum absolute atomic E-state index is 0.612. The summed E-state index contributed by atoms with van der Waals surface area (Å²) in [5.41, 5.74) is 3.99. The van der Waals surface area contributed by atoms with Crippen LogP contribution in [0.15, 0.2) is 49.4 Å². The number of anilines is 1. The van der Waals surface area contributed by atoms with Gasteiger partial charge in [0.05, 0.1) is 6.26 Å². The maximum atomic E-state index is 5.37. The summed E-state index contributed by atoms with van der Waals surface area (Å²) in [6.07, 6.45) is 12.9. The van der Waals surface area contributed by atoms with Gasteiger partial charge in [-0.2, -0.15) is 0 Å². The predicted molar refractivity (Wildman–Crippen MR) is 97.7 cm³/mol. The highest BCUT2D eigenvalue weighted by Crippen LogP contribution is 2.27. The Kier molecular flexibility index (Phi) is 4.41. The average molecular weight is 341 g/mol. The Morgan fingerprint density at radius 2 is 1.96 bits per heavy atom. The lowest BCUT2D eigenvalue weighted by Gasteiger charge is -2.28. The molecule has 132 valence electrons. The monoisotopic (exact) mass is 341 g/mol. The van der Waals surface area contributed by atoms with Crippen LogP contribution in [0.1, 0.15) is 45.4 Å². The molecule has 4 heterocycles. The zero-order valence-electron chi connectivity index (χ0n) is 14.4. The number of hydrazine groups is 2. The molecule has 8 heteroatoms. The lowest BCUT2D eigenvalue weighted by Crippen LogP contribution is -2.40. The molecule has 0 saturated carbocycles. The fourth-order valence-electron chi connectivity index (χ4n) is 3.05.